The van der Waals surface area contributed by atoms with Crippen LogP contribution in [-0.2, 0) is 14.3 Å². The zero-order valence-corrected chi connectivity index (χ0v) is 22.0. The Hall–Kier alpha value is -2.61. The van der Waals surface area contributed by atoms with Crippen molar-refractivity contribution in [1.82, 2.24) is 25.6 Å². The van der Waals surface area contributed by atoms with Gasteiger partial charge in [-0.25, -0.2) is 9.97 Å². The number of aromatic nitrogens is 2. The first-order valence-electron chi connectivity index (χ1n) is 13.6. The Morgan fingerprint density at radius 1 is 1.18 bits per heavy atom. The summed E-state index contributed by atoms with van der Waals surface area (Å²) < 4.78 is 21.1. The number of nitrogens with one attached hydrogen (secondary N) is 3. The molecule has 1 aromatic rings. The molecule has 2 saturated heterocycles. The number of rotatable bonds is 11. The molecule has 212 valence electrons. The third kappa shape index (κ3) is 7.71. The Kier molecular flexibility index (Phi) is 10.1. The molecule has 0 unspecified atom stereocenters. The standard InChI is InChI=1S/C25H40FN7O5/c1-16-28-23(22(26)24(29-16)33-9-8-32-10-11-38-15-19(32)14-33)30-31-25(37)18(12-17-4-2-3-5-17)13-27-20(34)6-7-21(35)36/h17-19,21,35-36H,2-15H2,1H3,(H,27,34)(H,31,37)(H,28,29,30)/t18-,19+/m1/s1. The average Bonchev–Trinajstić information content (AvgIpc) is 3.42. The predicted molar refractivity (Wildman–Crippen MR) is 137 cm³/mol. The maximum atomic E-state index is 15.5. The maximum absolute atomic E-state index is 15.5. The number of hydrogen-bond acceptors (Lipinski definition) is 10. The van der Waals surface area contributed by atoms with Crippen molar-refractivity contribution >= 4 is 23.5 Å². The quantitative estimate of drug-likeness (QED) is 0.197. The molecule has 0 aromatic carbocycles. The summed E-state index contributed by atoms with van der Waals surface area (Å²) in [6.45, 7) is 5.98. The lowest BCUT2D eigenvalue weighted by Crippen LogP contribution is -2.58. The average molecular weight is 538 g/mol. The fourth-order valence-electron chi connectivity index (χ4n) is 5.52. The number of hydrazine groups is 1. The first kappa shape index (κ1) is 28.4. The summed E-state index contributed by atoms with van der Waals surface area (Å²) in [6, 6.07) is 0.176. The van der Waals surface area contributed by atoms with Crippen LogP contribution in [0.25, 0.3) is 0 Å². The smallest absolute Gasteiger partial charge is 0.243 e. The fourth-order valence-corrected chi connectivity index (χ4v) is 5.52. The van der Waals surface area contributed by atoms with Gasteiger partial charge in [0.15, 0.2) is 17.9 Å². The summed E-state index contributed by atoms with van der Waals surface area (Å²) in [5, 5.41) is 20.7. The number of fused-ring (bicyclic) bond motifs is 1. The number of nitrogens with zero attached hydrogens (tertiary/aromatic N) is 4. The first-order valence-corrected chi connectivity index (χ1v) is 13.6. The van der Waals surface area contributed by atoms with Crippen LogP contribution in [0.2, 0.25) is 0 Å². The number of aliphatic hydroxyl groups excluding tert-OH is 1. The summed E-state index contributed by atoms with van der Waals surface area (Å²) in [5.74, 6) is -1.05. The number of halogens is 1. The summed E-state index contributed by atoms with van der Waals surface area (Å²) in [6.07, 6.45) is 3.21. The molecule has 1 saturated carbocycles. The van der Waals surface area contributed by atoms with Crippen LogP contribution in [0.15, 0.2) is 0 Å². The Morgan fingerprint density at radius 3 is 2.74 bits per heavy atom. The van der Waals surface area contributed by atoms with Gasteiger partial charge in [-0.05, 0) is 19.3 Å². The third-order valence-electron chi connectivity index (χ3n) is 7.63. The predicted octanol–water partition coefficient (Wildman–Crippen LogP) is 0.292. The molecule has 12 nitrogen and oxygen atoms in total. The van der Waals surface area contributed by atoms with Gasteiger partial charge in [-0.2, -0.15) is 4.39 Å². The third-order valence-corrected chi connectivity index (χ3v) is 7.63. The van der Waals surface area contributed by atoms with E-state index in [0.29, 0.717) is 44.5 Å². The van der Waals surface area contributed by atoms with Gasteiger partial charge >= 0.3 is 0 Å². The van der Waals surface area contributed by atoms with Gasteiger partial charge in [0, 0.05) is 45.6 Å². The zero-order chi connectivity index (χ0) is 27.1. The van der Waals surface area contributed by atoms with Crippen LogP contribution in [-0.4, -0.2) is 95.2 Å². The first-order chi connectivity index (χ1) is 18.3. The van der Waals surface area contributed by atoms with Crippen LogP contribution >= 0.6 is 0 Å². The molecule has 5 N–H and O–H groups in total. The molecule has 0 radical (unpaired) electrons. The zero-order valence-electron chi connectivity index (χ0n) is 22.0. The van der Waals surface area contributed by atoms with Crippen molar-refractivity contribution in [2.45, 2.75) is 64.2 Å². The van der Waals surface area contributed by atoms with Gasteiger partial charge in [-0.3, -0.25) is 25.3 Å². The van der Waals surface area contributed by atoms with Crippen LogP contribution in [0.5, 0.6) is 0 Å². The molecule has 2 atom stereocenters. The molecule has 0 bridgehead atoms. The van der Waals surface area contributed by atoms with Gasteiger partial charge in [0.25, 0.3) is 0 Å². The Morgan fingerprint density at radius 2 is 1.97 bits per heavy atom. The minimum Gasteiger partial charge on any atom is -0.378 e. The van der Waals surface area contributed by atoms with Crippen molar-refractivity contribution in [1.29, 1.82) is 0 Å². The highest BCUT2D eigenvalue weighted by Gasteiger charge is 2.32. The molecule has 4 rings (SSSR count). The molecule has 38 heavy (non-hydrogen) atoms. The van der Waals surface area contributed by atoms with E-state index in [4.69, 9.17) is 14.9 Å². The van der Waals surface area contributed by atoms with E-state index in [1.807, 2.05) is 4.90 Å². The molecule has 3 fully saturated rings. The Bertz CT molecular complexity index is 962. The Balaban J connectivity index is 1.38. The van der Waals surface area contributed by atoms with Crippen molar-refractivity contribution in [3.63, 3.8) is 0 Å². The van der Waals surface area contributed by atoms with Gasteiger partial charge in [0.1, 0.15) is 5.82 Å². The molecule has 3 aliphatic rings. The second-order valence-corrected chi connectivity index (χ2v) is 10.5. The highest BCUT2D eigenvalue weighted by atomic mass is 19.1. The number of carbonyl (C=O) groups is 2. The molecular formula is C25H40FN7O5. The van der Waals surface area contributed by atoms with Gasteiger partial charge < -0.3 is 25.2 Å². The molecule has 3 heterocycles. The van der Waals surface area contributed by atoms with Crippen molar-refractivity contribution < 1.29 is 28.9 Å². The van der Waals surface area contributed by atoms with E-state index in [0.717, 1.165) is 38.8 Å². The van der Waals surface area contributed by atoms with E-state index in [9.17, 15) is 9.59 Å². The largest absolute Gasteiger partial charge is 0.378 e. The number of aliphatic hydroxyl groups is 2. The fraction of sp³-hybridized carbons (Fsp3) is 0.760. The van der Waals surface area contributed by atoms with E-state index >= 15 is 4.39 Å². The van der Waals surface area contributed by atoms with Crippen molar-refractivity contribution in [3.05, 3.63) is 11.6 Å². The van der Waals surface area contributed by atoms with Crippen LogP contribution in [0.3, 0.4) is 0 Å². The summed E-state index contributed by atoms with van der Waals surface area (Å²) >= 11 is 0. The second kappa shape index (κ2) is 13.5. The van der Waals surface area contributed by atoms with Crippen molar-refractivity contribution in [2.24, 2.45) is 11.8 Å². The lowest BCUT2D eigenvalue weighted by molar-refractivity contribution is -0.126. The normalized spacial score (nSPS) is 21.3. The Labute approximate surface area is 222 Å². The molecule has 13 heteroatoms. The van der Waals surface area contributed by atoms with E-state index in [-0.39, 0.29) is 48.9 Å². The van der Waals surface area contributed by atoms with Crippen molar-refractivity contribution in [3.8, 4) is 0 Å². The highest BCUT2D eigenvalue weighted by Crippen LogP contribution is 2.30. The molecule has 0 spiro atoms. The topological polar surface area (TPSA) is 152 Å². The van der Waals surface area contributed by atoms with Gasteiger partial charge in [0.2, 0.25) is 17.6 Å². The number of carbonyl (C=O) groups excluding carboxylic acids is 2. The number of amides is 2. The number of anilines is 2. The molecule has 2 amide bonds. The number of morpholine rings is 1. The monoisotopic (exact) mass is 537 g/mol. The van der Waals surface area contributed by atoms with Gasteiger partial charge in [-0.15, -0.1) is 0 Å². The summed E-state index contributed by atoms with van der Waals surface area (Å²) in [7, 11) is 0. The lowest BCUT2D eigenvalue weighted by Gasteiger charge is -2.44. The molecule has 2 aliphatic heterocycles. The van der Waals surface area contributed by atoms with E-state index in [1.165, 1.54) is 0 Å². The minimum atomic E-state index is -1.56. The van der Waals surface area contributed by atoms with E-state index < -0.39 is 18.0 Å². The number of aryl methyl sites for hydroxylation is 1. The lowest BCUT2D eigenvalue weighted by atomic mass is 9.92. The second-order valence-electron chi connectivity index (χ2n) is 10.5. The van der Waals surface area contributed by atoms with Crippen LogP contribution in [0.4, 0.5) is 16.0 Å². The number of ether oxygens (including phenoxy) is 1. The van der Waals surface area contributed by atoms with E-state index in [1.54, 1.807) is 6.92 Å². The van der Waals surface area contributed by atoms with Gasteiger partial charge in [-0.1, -0.05) is 25.7 Å². The van der Waals surface area contributed by atoms with Crippen LogP contribution in [0.1, 0.15) is 50.8 Å². The molecule has 1 aliphatic carbocycles. The summed E-state index contributed by atoms with van der Waals surface area (Å²) in [4.78, 5) is 38.0. The maximum Gasteiger partial charge on any atom is 0.243 e. The van der Waals surface area contributed by atoms with Crippen LogP contribution < -0.4 is 21.1 Å². The van der Waals surface area contributed by atoms with Crippen LogP contribution in [0, 0.1) is 24.6 Å². The van der Waals surface area contributed by atoms with Crippen molar-refractivity contribution in [2.75, 3.05) is 56.3 Å². The number of hydrogen-bond donors (Lipinski definition) is 5. The summed E-state index contributed by atoms with van der Waals surface area (Å²) in [5.41, 5.74) is 5.25. The minimum absolute atomic E-state index is 0.0525. The number of piperazine rings is 1. The highest BCUT2D eigenvalue weighted by molar-refractivity contribution is 5.81. The SMILES string of the molecule is Cc1nc(NNC(=O)[C@@H](CNC(=O)CCC(O)O)CC2CCCC2)c(F)c(N2CCN3CCOC[C@@H]3C2)n1. The van der Waals surface area contributed by atoms with Gasteiger partial charge in [0.05, 0.1) is 25.2 Å². The van der Waals surface area contributed by atoms with E-state index in [2.05, 4.69) is 31.0 Å². The molecule has 1 aromatic heterocycles. The molecular weight excluding hydrogens is 497 g/mol.